The third-order valence-corrected chi connectivity index (χ3v) is 3.18. The minimum absolute atomic E-state index is 0.661. The Balaban J connectivity index is 1.91. The summed E-state index contributed by atoms with van der Waals surface area (Å²) in [6.07, 6.45) is 1.63. The van der Waals surface area contributed by atoms with E-state index in [1.165, 1.54) is 0 Å². The molecule has 1 aromatic carbocycles. The number of hydrogen-bond donors (Lipinski definition) is 2. The highest BCUT2D eigenvalue weighted by Crippen LogP contribution is 2.23. The Bertz CT molecular complexity index is 645. The minimum atomic E-state index is 0.661. The van der Waals surface area contributed by atoms with Gasteiger partial charge in [-0.2, -0.15) is 0 Å². The van der Waals surface area contributed by atoms with Gasteiger partial charge in [-0.1, -0.05) is 0 Å². The quantitative estimate of drug-likeness (QED) is 0.725. The van der Waals surface area contributed by atoms with Gasteiger partial charge in [0.25, 0.3) is 0 Å². The highest BCUT2D eigenvalue weighted by Gasteiger charge is 2.00. The van der Waals surface area contributed by atoms with Crippen molar-refractivity contribution >= 4 is 38.7 Å². The maximum Gasteiger partial charge on any atom is 0.130 e. The van der Waals surface area contributed by atoms with Gasteiger partial charge in [0.05, 0.1) is 27.6 Å². The van der Waals surface area contributed by atoms with Crippen LogP contribution in [0.25, 0.3) is 10.2 Å². The van der Waals surface area contributed by atoms with Crippen molar-refractivity contribution in [3.05, 3.63) is 42.0 Å². The van der Waals surface area contributed by atoms with Crippen molar-refractivity contribution in [3.8, 4) is 0 Å². The average molecular weight is 242 g/mol. The van der Waals surface area contributed by atoms with Crippen LogP contribution < -0.4 is 11.1 Å². The molecule has 3 N–H and O–H groups in total. The molecule has 0 saturated carbocycles. The van der Waals surface area contributed by atoms with Crippen LogP contribution in [0.1, 0.15) is 0 Å². The second-order valence-electron chi connectivity index (χ2n) is 3.64. The molecule has 0 amide bonds. The summed E-state index contributed by atoms with van der Waals surface area (Å²) in [7, 11) is 0. The van der Waals surface area contributed by atoms with E-state index in [1.54, 1.807) is 17.5 Å². The molecule has 0 fully saturated rings. The number of rotatable bonds is 2. The predicted molar refractivity (Wildman–Crippen MR) is 71.6 cm³/mol. The molecule has 0 aliphatic rings. The number of anilines is 3. The van der Waals surface area contributed by atoms with Crippen LogP contribution in [0.2, 0.25) is 0 Å². The number of nitrogens with one attached hydrogen (secondary N) is 1. The molecule has 3 aromatic rings. The van der Waals surface area contributed by atoms with Gasteiger partial charge < -0.3 is 11.1 Å². The van der Waals surface area contributed by atoms with Crippen LogP contribution in [0.4, 0.5) is 17.2 Å². The Morgan fingerprint density at radius 1 is 1.12 bits per heavy atom. The van der Waals surface area contributed by atoms with Crippen LogP contribution in [-0.2, 0) is 0 Å². The van der Waals surface area contributed by atoms with Crippen molar-refractivity contribution in [1.29, 1.82) is 0 Å². The zero-order valence-corrected chi connectivity index (χ0v) is 9.74. The molecule has 0 radical (unpaired) electrons. The zero-order chi connectivity index (χ0) is 11.7. The highest BCUT2D eigenvalue weighted by molar-refractivity contribution is 7.16. The van der Waals surface area contributed by atoms with E-state index in [0.717, 1.165) is 21.7 Å². The molecule has 84 valence electrons. The van der Waals surface area contributed by atoms with Crippen LogP contribution in [0, 0.1) is 0 Å². The summed E-state index contributed by atoms with van der Waals surface area (Å²) < 4.78 is 1.16. The summed E-state index contributed by atoms with van der Waals surface area (Å²) in [5.41, 5.74) is 10.1. The zero-order valence-electron chi connectivity index (χ0n) is 8.92. The number of hydrogen-bond acceptors (Lipinski definition) is 5. The van der Waals surface area contributed by atoms with E-state index in [4.69, 9.17) is 5.73 Å². The van der Waals surface area contributed by atoms with Gasteiger partial charge in [0, 0.05) is 5.69 Å². The fourth-order valence-corrected chi connectivity index (χ4v) is 2.28. The molecule has 2 aromatic heterocycles. The van der Waals surface area contributed by atoms with Crippen LogP contribution in [-0.4, -0.2) is 9.97 Å². The Kier molecular flexibility index (Phi) is 2.38. The number of nitrogen functional groups attached to an aromatic ring is 1. The molecule has 0 atom stereocenters. The topological polar surface area (TPSA) is 63.8 Å². The highest BCUT2D eigenvalue weighted by atomic mass is 32.1. The van der Waals surface area contributed by atoms with Crippen molar-refractivity contribution < 1.29 is 0 Å². The first-order valence-electron chi connectivity index (χ1n) is 5.13. The van der Waals surface area contributed by atoms with Crippen LogP contribution in [0.15, 0.2) is 42.0 Å². The number of pyridine rings is 1. The Hall–Kier alpha value is -2.14. The van der Waals surface area contributed by atoms with E-state index < -0.39 is 0 Å². The molecule has 3 rings (SSSR count). The van der Waals surface area contributed by atoms with E-state index in [0.29, 0.717) is 5.69 Å². The summed E-state index contributed by atoms with van der Waals surface area (Å²) in [5, 5.41) is 3.23. The van der Waals surface area contributed by atoms with Crippen molar-refractivity contribution in [2.45, 2.75) is 0 Å². The summed E-state index contributed by atoms with van der Waals surface area (Å²) in [6, 6.07) is 9.71. The lowest BCUT2D eigenvalue weighted by Gasteiger charge is -2.05. The number of fused-ring (bicyclic) bond motifs is 1. The smallest absolute Gasteiger partial charge is 0.130 e. The van der Waals surface area contributed by atoms with Crippen LogP contribution >= 0.6 is 11.3 Å². The number of aromatic nitrogens is 2. The van der Waals surface area contributed by atoms with E-state index in [9.17, 15) is 0 Å². The lowest BCUT2D eigenvalue weighted by atomic mass is 10.3. The van der Waals surface area contributed by atoms with Crippen molar-refractivity contribution in [2.75, 3.05) is 11.1 Å². The molecule has 17 heavy (non-hydrogen) atoms. The van der Waals surface area contributed by atoms with Crippen molar-refractivity contribution in [2.24, 2.45) is 0 Å². The van der Waals surface area contributed by atoms with Gasteiger partial charge in [0.2, 0.25) is 0 Å². The summed E-state index contributed by atoms with van der Waals surface area (Å²) >= 11 is 1.62. The van der Waals surface area contributed by atoms with Crippen LogP contribution in [0.3, 0.4) is 0 Å². The Morgan fingerprint density at radius 2 is 2.06 bits per heavy atom. The van der Waals surface area contributed by atoms with Gasteiger partial charge in [0.15, 0.2) is 0 Å². The molecule has 4 nitrogen and oxygen atoms in total. The van der Waals surface area contributed by atoms with Gasteiger partial charge in [-0.25, -0.2) is 9.97 Å². The fraction of sp³-hybridized carbons (Fsp3) is 0. The van der Waals surface area contributed by atoms with E-state index >= 15 is 0 Å². The van der Waals surface area contributed by atoms with Gasteiger partial charge >= 0.3 is 0 Å². The monoisotopic (exact) mass is 242 g/mol. The molecule has 0 bridgehead atoms. The average Bonchev–Trinajstić information content (AvgIpc) is 2.79. The van der Waals surface area contributed by atoms with E-state index in [-0.39, 0.29) is 0 Å². The molecule has 0 aliphatic carbocycles. The molecule has 0 aliphatic heterocycles. The lowest BCUT2D eigenvalue weighted by molar-refractivity contribution is 1.31. The maximum atomic E-state index is 5.58. The number of benzene rings is 1. The van der Waals surface area contributed by atoms with Crippen molar-refractivity contribution in [3.63, 3.8) is 0 Å². The largest absolute Gasteiger partial charge is 0.397 e. The molecule has 0 spiro atoms. The predicted octanol–water partition coefficient (Wildman–Crippen LogP) is 3.02. The van der Waals surface area contributed by atoms with Crippen LogP contribution in [0.5, 0.6) is 0 Å². The third kappa shape index (κ3) is 2.05. The number of thiazole rings is 1. The normalized spacial score (nSPS) is 10.6. The molecule has 2 heterocycles. The first-order valence-corrected chi connectivity index (χ1v) is 6.01. The summed E-state index contributed by atoms with van der Waals surface area (Å²) in [4.78, 5) is 8.43. The first-order chi connectivity index (χ1) is 8.31. The molecule has 5 heteroatoms. The third-order valence-electron chi connectivity index (χ3n) is 2.39. The summed E-state index contributed by atoms with van der Waals surface area (Å²) in [6.45, 7) is 0. The number of nitrogens with two attached hydrogens (primary N) is 1. The molecular weight excluding hydrogens is 232 g/mol. The number of nitrogens with zero attached hydrogens (tertiary/aromatic N) is 2. The van der Waals surface area contributed by atoms with Gasteiger partial charge in [-0.3, -0.25) is 0 Å². The van der Waals surface area contributed by atoms with E-state index in [2.05, 4.69) is 21.4 Å². The Morgan fingerprint density at radius 3 is 2.88 bits per heavy atom. The standard InChI is InChI=1S/C12H10N4S/c13-8-1-4-12(14-6-8)16-9-2-3-10-11(5-9)17-7-15-10/h1-7H,13H2,(H,14,16). The Labute approximate surface area is 102 Å². The second kappa shape index (κ2) is 4.03. The SMILES string of the molecule is Nc1ccc(Nc2ccc3ncsc3c2)nc1. The second-order valence-corrected chi connectivity index (χ2v) is 4.52. The minimum Gasteiger partial charge on any atom is -0.397 e. The van der Waals surface area contributed by atoms with E-state index in [1.807, 2.05) is 29.8 Å². The van der Waals surface area contributed by atoms with Gasteiger partial charge in [-0.15, -0.1) is 11.3 Å². The maximum absolute atomic E-state index is 5.58. The first kappa shape index (κ1) is 10.0. The van der Waals surface area contributed by atoms with Gasteiger partial charge in [-0.05, 0) is 30.3 Å². The summed E-state index contributed by atoms with van der Waals surface area (Å²) in [5.74, 6) is 0.781. The molecule has 0 unspecified atom stereocenters. The van der Waals surface area contributed by atoms with Gasteiger partial charge in [0.1, 0.15) is 5.82 Å². The van der Waals surface area contributed by atoms with Crippen molar-refractivity contribution in [1.82, 2.24) is 9.97 Å². The molecular formula is C12H10N4S. The molecule has 0 saturated heterocycles. The lowest BCUT2D eigenvalue weighted by Crippen LogP contribution is -1.94. The fourth-order valence-electron chi connectivity index (χ4n) is 1.56.